The number of amides is 4. The van der Waals surface area contributed by atoms with E-state index in [1.807, 2.05) is 0 Å². The predicted molar refractivity (Wildman–Crippen MR) is 120 cm³/mol. The minimum Gasteiger partial charge on any atom is -0.508 e. The zero-order valence-corrected chi connectivity index (χ0v) is 20.1. The van der Waals surface area contributed by atoms with Crippen LogP contribution in [0.25, 0.3) is 0 Å². The maximum atomic E-state index is 13.1. The van der Waals surface area contributed by atoms with E-state index in [9.17, 15) is 38.8 Å². The number of phenols is 1. The highest BCUT2D eigenvalue weighted by atomic mass is 32.2. The third-order valence-corrected chi connectivity index (χ3v) is 7.95. The maximum Gasteiger partial charge on any atom is 0.433 e. The van der Waals surface area contributed by atoms with Crippen LogP contribution in [0.3, 0.4) is 0 Å². The van der Waals surface area contributed by atoms with E-state index in [0.717, 1.165) is 0 Å². The largest absolute Gasteiger partial charge is 0.508 e. The fourth-order valence-electron chi connectivity index (χ4n) is 3.85. The van der Waals surface area contributed by atoms with Crippen molar-refractivity contribution in [3.63, 3.8) is 0 Å². The first kappa shape index (κ1) is 25.8. The molecule has 0 spiro atoms. The molecule has 1 aromatic carbocycles. The van der Waals surface area contributed by atoms with Crippen molar-refractivity contribution in [2.75, 3.05) is 6.61 Å². The van der Waals surface area contributed by atoms with Gasteiger partial charge in [-0.1, -0.05) is 12.1 Å². The monoisotopic (exact) mass is 516 g/mol. The zero-order chi connectivity index (χ0) is 25.4. The number of fused-ring (bicyclic) bond motifs is 1. The van der Waals surface area contributed by atoms with Crippen molar-refractivity contribution < 1.29 is 43.4 Å². The van der Waals surface area contributed by atoms with Gasteiger partial charge < -0.3 is 30.6 Å². The zero-order valence-electron chi connectivity index (χ0n) is 18.4. The van der Waals surface area contributed by atoms with Crippen molar-refractivity contribution in [3.8, 4) is 5.75 Å². The normalized spacial score (nSPS) is 25.4. The van der Waals surface area contributed by atoms with E-state index < -0.39 is 59.8 Å². The van der Waals surface area contributed by atoms with Crippen LogP contribution >= 0.6 is 19.5 Å². The molecule has 0 saturated carbocycles. The molecule has 2 aliphatic rings. The van der Waals surface area contributed by atoms with Gasteiger partial charge >= 0.3 is 19.7 Å². The molecule has 2 fully saturated rings. The van der Waals surface area contributed by atoms with Gasteiger partial charge in [0.1, 0.15) is 29.2 Å². The van der Waals surface area contributed by atoms with Crippen LogP contribution < -0.4 is 15.7 Å². The lowest BCUT2D eigenvalue weighted by Gasteiger charge is -2.44. The molecule has 2 saturated heterocycles. The molecule has 2 unspecified atom stereocenters. The molecule has 0 aliphatic carbocycles. The summed E-state index contributed by atoms with van der Waals surface area (Å²) in [5.74, 6) is -2.65. The molecule has 15 heteroatoms. The van der Waals surface area contributed by atoms with E-state index in [0.29, 0.717) is 0 Å². The Kier molecular flexibility index (Phi) is 7.18. The van der Waals surface area contributed by atoms with Crippen molar-refractivity contribution in [2.24, 2.45) is 0 Å². The maximum absolute atomic E-state index is 13.1. The molecule has 186 valence electrons. The Balaban J connectivity index is 1.78. The molecule has 0 aromatic heterocycles. The molecular formula is C19H25N4O9PS. The van der Waals surface area contributed by atoms with Crippen LogP contribution in [0.4, 0.5) is 4.79 Å². The van der Waals surface area contributed by atoms with E-state index in [1.165, 1.54) is 47.9 Å². The number of β-lactam (4-membered cyclic amide) rings is 1. The smallest absolute Gasteiger partial charge is 0.433 e. The van der Waals surface area contributed by atoms with E-state index in [1.54, 1.807) is 18.9 Å². The van der Waals surface area contributed by atoms with Gasteiger partial charge in [0.2, 0.25) is 11.8 Å². The summed E-state index contributed by atoms with van der Waals surface area (Å²) >= 11 is 1.23. The SMILES string of the molecule is CCOP(=O)(O)NC(=O)NC(C(=O)N[C@@H]1C(=O)N2[C@@H]1SC(C)(C)[C@@H]2C(=O)O)c1ccc(O)cc1. The van der Waals surface area contributed by atoms with Crippen LogP contribution in [0.15, 0.2) is 24.3 Å². The highest BCUT2D eigenvalue weighted by molar-refractivity contribution is 8.01. The lowest BCUT2D eigenvalue weighted by Crippen LogP contribution is -2.71. The van der Waals surface area contributed by atoms with Crippen molar-refractivity contribution in [1.82, 2.24) is 20.6 Å². The van der Waals surface area contributed by atoms with Gasteiger partial charge in [-0.15, -0.1) is 11.8 Å². The second-order valence-corrected chi connectivity index (χ2v) is 11.4. The van der Waals surface area contributed by atoms with Gasteiger partial charge in [0.05, 0.1) is 6.61 Å². The van der Waals surface area contributed by atoms with Gasteiger partial charge in [0.25, 0.3) is 0 Å². The van der Waals surface area contributed by atoms with Crippen LogP contribution in [-0.4, -0.2) is 72.6 Å². The molecule has 0 radical (unpaired) electrons. The number of benzene rings is 1. The Bertz CT molecular complexity index is 1050. The van der Waals surface area contributed by atoms with Crippen LogP contribution in [0.5, 0.6) is 5.75 Å². The minimum absolute atomic E-state index is 0.0994. The third kappa shape index (κ3) is 5.14. The highest BCUT2D eigenvalue weighted by Gasteiger charge is 2.64. The second-order valence-electron chi connectivity index (χ2n) is 8.13. The van der Waals surface area contributed by atoms with Gasteiger partial charge in [-0.2, -0.15) is 0 Å². The molecule has 3 rings (SSSR count). The average Bonchev–Trinajstić information content (AvgIpc) is 2.98. The van der Waals surface area contributed by atoms with E-state index in [4.69, 9.17) is 0 Å². The molecule has 0 bridgehead atoms. The number of aliphatic carboxylic acids is 1. The number of aromatic hydroxyl groups is 1. The summed E-state index contributed by atoms with van der Waals surface area (Å²) in [7, 11) is -4.47. The lowest BCUT2D eigenvalue weighted by atomic mass is 9.95. The van der Waals surface area contributed by atoms with Crippen molar-refractivity contribution in [1.29, 1.82) is 0 Å². The molecule has 13 nitrogen and oxygen atoms in total. The summed E-state index contributed by atoms with van der Waals surface area (Å²) in [4.78, 5) is 60.6. The fourth-order valence-corrected chi connectivity index (χ4v) is 6.21. The van der Waals surface area contributed by atoms with Crippen LogP contribution in [0.1, 0.15) is 32.4 Å². The topological polar surface area (TPSA) is 195 Å². The Morgan fingerprint density at radius 3 is 2.44 bits per heavy atom. The first-order chi connectivity index (χ1) is 15.8. The number of rotatable bonds is 8. The summed E-state index contributed by atoms with van der Waals surface area (Å²) in [6, 6.07) is 0.559. The summed E-state index contributed by atoms with van der Waals surface area (Å²) in [5.41, 5.74) is 0.209. The van der Waals surface area contributed by atoms with E-state index in [-0.39, 0.29) is 17.9 Å². The van der Waals surface area contributed by atoms with Gasteiger partial charge in [-0.25, -0.2) is 19.2 Å². The number of urea groups is 1. The van der Waals surface area contributed by atoms with Crippen LogP contribution in [-0.2, 0) is 23.5 Å². The number of carboxylic acids is 1. The summed E-state index contributed by atoms with van der Waals surface area (Å²) in [5, 5.41) is 25.0. The Morgan fingerprint density at radius 1 is 1.26 bits per heavy atom. The molecule has 4 amide bonds. The number of nitrogens with zero attached hydrogens (tertiary/aromatic N) is 1. The summed E-state index contributed by atoms with van der Waals surface area (Å²) in [6.45, 7) is 4.68. The Hall–Kier alpha value is -2.80. The number of carbonyl (C=O) groups is 4. The van der Waals surface area contributed by atoms with E-state index in [2.05, 4.69) is 15.2 Å². The number of hydrogen-bond donors (Lipinski definition) is 6. The number of carbonyl (C=O) groups excluding carboxylic acids is 3. The van der Waals surface area contributed by atoms with E-state index >= 15 is 0 Å². The number of carboxylic acid groups (broad SMARTS) is 1. The van der Waals surface area contributed by atoms with Gasteiger partial charge in [0.15, 0.2) is 0 Å². The first-order valence-electron chi connectivity index (χ1n) is 10.2. The molecule has 2 aliphatic heterocycles. The molecule has 34 heavy (non-hydrogen) atoms. The van der Waals surface area contributed by atoms with Crippen molar-refractivity contribution in [2.45, 2.75) is 49.0 Å². The summed E-state index contributed by atoms with van der Waals surface area (Å²) < 4.78 is 15.6. The van der Waals surface area contributed by atoms with Crippen LogP contribution in [0.2, 0.25) is 0 Å². The first-order valence-corrected chi connectivity index (χ1v) is 12.6. The number of nitrogens with one attached hydrogen (secondary N) is 3. The predicted octanol–water partition coefficient (Wildman–Crippen LogP) is 0.501. The third-order valence-electron chi connectivity index (χ3n) is 5.28. The molecular weight excluding hydrogens is 491 g/mol. The minimum atomic E-state index is -4.47. The molecule has 2 heterocycles. The summed E-state index contributed by atoms with van der Waals surface area (Å²) in [6.07, 6.45) is 0. The second kappa shape index (κ2) is 9.45. The molecule has 1 aromatic rings. The molecule has 5 atom stereocenters. The van der Waals surface area contributed by atoms with Crippen molar-refractivity contribution >= 4 is 43.3 Å². The van der Waals surface area contributed by atoms with Gasteiger partial charge in [0, 0.05) is 4.75 Å². The fraction of sp³-hybridized carbons (Fsp3) is 0.474. The Morgan fingerprint density at radius 2 is 1.88 bits per heavy atom. The standard InChI is InChI=1S/C19H25N4O9PS/c1-4-32-33(30,31)22-18(29)21-11(9-5-7-10(24)8-6-9)14(25)20-12-15(26)23-13(17(27)28)19(2,3)34-16(12)23/h5-8,11-13,16,24H,4H2,1-3H3,(H,20,25)(H,27,28)(H3,21,22,29,30,31)/t11?,12-,13+,16-/m1/s1. The quantitative estimate of drug-likeness (QED) is 0.209. The van der Waals surface area contributed by atoms with Gasteiger partial charge in [-0.3, -0.25) is 14.1 Å². The number of thioether (sulfide) groups is 1. The Labute approximate surface area is 198 Å². The lowest BCUT2D eigenvalue weighted by molar-refractivity contribution is -0.161. The van der Waals surface area contributed by atoms with Crippen molar-refractivity contribution in [3.05, 3.63) is 29.8 Å². The average molecular weight is 516 g/mol. The van der Waals surface area contributed by atoms with Crippen LogP contribution in [0, 0.1) is 0 Å². The highest BCUT2D eigenvalue weighted by Crippen LogP contribution is 2.50. The number of hydrogen-bond acceptors (Lipinski definition) is 8. The molecule has 6 N–H and O–H groups in total. The van der Waals surface area contributed by atoms with Gasteiger partial charge in [-0.05, 0) is 38.5 Å². The number of phenolic OH excluding ortho intramolecular Hbond substituents is 1.